The smallest absolute Gasteiger partial charge is 0.328 e. The Bertz CT molecular complexity index is 609. The number of aliphatic carboxylic acids is 1. The van der Waals surface area contributed by atoms with Gasteiger partial charge >= 0.3 is 5.97 Å². The van der Waals surface area contributed by atoms with Gasteiger partial charge in [0.1, 0.15) is 6.04 Å². The van der Waals surface area contributed by atoms with E-state index in [1.807, 2.05) is 13.8 Å². The lowest BCUT2D eigenvalue weighted by Gasteiger charge is -2.22. The molecule has 0 rings (SSSR count). The molecule has 0 aliphatic heterocycles. The fourth-order valence-electron chi connectivity index (χ4n) is 2.36. The van der Waals surface area contributed by atoms with Crippen LogP contribution in [0, 0.1) is 5.92 Å². The highest BCUT2D eigenvalue weighted by Gasteiger charge is 2.29. The second-order valence-corrected chi connectivity index (χ2v) is 7.14. The molecule has 4 amide bonds. The molecule has 0 spiro atoms. The third-order valence-electron chi connectivity index (χ3n) is 3.86. The predicted octanol–water partition coefficient (Wildman–Crippen LogP) is -2.82. The second-order valence-electron chi connectivity index (χ2n) is 7.14. The number of hydrogen-bond acceptors (Lipinski definition) is 7. The molecule has 4 unspecified atom stereocenters. The minimum absolute atomic E-state index is 0.183. The Morgan fingerprint density at radius 1 is 1.00 bits per heavy atom. The molecule has 0 aromatic rings. The molecule has 166 valence electrons. The summed E-state index contributed by atoms with van der Waals surface area (Å²) in [5.74, 6) is -4.22. The Balaban J connectivity index is 4.93. The first-order valence-electron chi connectivity index (χ1n) is 9.17. The van der Waals surface area contributed by atoms with Crippen LogP contribution in [0.4, 0.5) is 0 Å². The fraction of sp³-hybridized carbons (Fsp3) is 0.706. The summed E-state index contributed by atoms with van der Waals surface area (Å²) < 4.78 is 0. The summed E-state index contributed by atoms with van der Waals surface area (Å²) in [5, 5.41) is 25.2. The van der Waals surface area contributed by atoms with E-state index in [-0.39, 0.29) is 18.8 Å². The molecule has 12 nitrogen and oxygen atoms in total. The normalized spacial score (nSPS) is 15.0. The van der Waals surface area contributed by atoms with E-state index in [2.05, 4.69) is 16.0 Å². The number of nitrogens with two attached hydrogens (primary N) is 2. The van der Waals surface area contributed by atoms with Gasteiger partial charge in [0.2, 0.25) is 23.6 Å². The summed E-state index contributed by atoms with van der Waals surface area (Å²) in [6, 6.07) is -3.69. The van der Waals surface area contributed by atoms with Crippen molar-refractivity contribution in [3.05, 3.63) is 0 Å². The van der Waals surface area contributed by atoms with Gasteiger partial charge in [0, 0.05) is 6.42 Å². The van der Waals surface area contributed by atoms with Crippen LogP contribution >= 0.6 is 0 Å². The van der Waals surface area contributed by atoms with Crippen molar-refractivity contribution in [2.24, 2.45) is 17.4 Å². The van der Waals surface area contributed by atoms with Gasteiger partial charge in [0.15, 0.2) is 6.04 Å². The Labute approximate surface area is 168 Å². The zero-order chi connectivity index (χ0) is 22.7. The Morgan fingerprint density at radius 2 is 1.59 bits per heavy atom. The van der Waals surface area contributed by atoms with E-state index in [4.69, 9.17) is 16.6 Å². The number of carboxylic acids is 1. The monoisotopic (exact) mass is 417 g/mol. The molecule has 0 saturated heterocycles. The summed E-state index contributed by atoms with van der Waals surface area (Å²) in [4.78, 5) is 58.4. The number of carbonyl (C=O) groups is 5. The third-order valence-corrected chi connectivity index (χ3v) is 3.86. The lowest BCUT2D eigenvalue weighted by molar-refractivity contribution is -0.145. The minimum Gasteiger partial charge on any atom is -0.480 e. The number of amides is 4. The standard InChI is InChI=1S/C17H31N5O7/c1-8(2)6-10(18)15(26)20-7-13(25)21-11(4-5-12(19)24)16(27)22-14(9(3)23)17(28)29/h8-11,14,23H,4-7,18H2,1-3H3,(H2,19,24)(H,20,26)(H,21,25)(H,22,27)(H,28,29). The highest BCUT2D eigenvalue weighted by Crippen LogP contribution is 2.03. The molecule has 0 aromatic carbocycles. The third kappa shape index (κ3) is 11.0. The zero-order valence-corrected chi connectivity index (χ0v) is 16.8. The molecule has 29 heavy (non-hydrogen) atoms. The van der Waals surface area contributed by atoms with Crippen molar-refractivity contribution in [1.29, 1.82) is 0 Å². The van der Waals surface area contributed by atoms with Gasteiger partial charge in [0.05, 0.1) is 18.7 Å². The van der Waals surface area contributed by atoms with Crippen molar-refractivity contribution in [3.8, 4) is 0 Å². The van der Waals surface area contributed by atoms with Gasteiger partial charge in [-0.1, -0.05) is 13.8 Å². The maximum atomic E-state index is 12.3. The van der Waals surface area contributed by atoms with E-state index in [9.17, 15) is 29.1 Å². The number of hydrogen-bond donors (Lipinski definition) is 7. The Kier molecular flexibility index (Phi) is 11.5. The second kappa shape index (κ2) is 12.7. The van der Waals surface area contributed by atoms with Gasteiger partial charge in [-0.15, -0.1) is 0 Å². The number of carboxylic acid groups (broad SMARTS) is 1. The van der Waals surface area contributed by atoms with Crippen molar-refractivity contribution in [3.63, 3.8) is 0 Å². The number of nitrogens with one attached hydrogen (secondary N) is 3. The molecule has 12 heteroatoms. The molecule has 0 aliphatic rings. The maximum absolute atomic E-state index is 12.3. The van der Waals surface area contributed by atoms with Crippen LogP contribution in [-0.2, 0) is 24.0 Å². The van der Waals surface area contributed by atoms with Crippen LogP contribution in [-0.4, -0.2) is 70.6 Å². The molecule has 0 fully saturated rings. The molecular formula is C17H31N5O7. The quantitative estimate of drug-likeness (QED) is 0.165. The number of carbonyl (C=O) groups excluding carboxylic acids is 4. The average Bonchev–Trinajstić information content (AvgIpc) is 2.59. The van der Waals surface area contributed by atoms with Crippen LogP contribution in [0.25, 0.3) is 0 Å². The summed E-state index contributed by atoms with van der Waals surface area (Å²) in [6.45, 7) is 4.48. The predicted molar refractivity (Wildman–Crippen MR) is 102 cm³/mol. The van der Waals surface area contributed by atoms with E-state index in [1.54, 1.807) is 0 Å². The molecule has 0 radical (unpaired) electrons. The molecule has 0 bridgehead atoms. The largest absolute Gasteiger partial charge is 0.480 e. The zero-order valence-electron chi connectivity index (χ0n) is 16.8. The summed E-state index contributed by atoms with van der Waals surface area (Å²) in [6.07, 6.45) is -1.42. The summed E-state index contributed by atoms with van der Waals surface area (Å²) in [7, 11) is 0. The van der Waals surface area contributed by atoms with E-state index < -0.39 is 60.4 Å². The van der Waals surface area contributed by atoms with Crippen molar-refractivity contribution in [2.75, 3.05) is 6.54 Å². The number of aliphatic hydroxyl groups excluding tert-OH is 1. The molecule has 0 aliphatic carbocycles. The van der Waals surface area contributed by atoms with Crippen molar-refractivity contribution in [1.82, 2.24) is 16.0 Å². The molecule has 0 saturated carbocycles. The average molecular weight is 417 g/mol. The van der Waals surface area contributed by atoms with Crippen LogP contribution in [0.15, 0.2) is 0 Å². The topological polar surface area (TPSA) is 214 Å². The number of rotatable bonds is 13. The van der Waals surface area contributed by atoms with Crippen LogP contribution in [0.5, 0.6) is 0 Å². The first kappa shape index (κ1) is 26.3. The fourth-order valence-corrected chi connectivity index (χ4v) is 2.36. The molecule has 0 aromatic heterocycles. The number of primary amides is 1. The van der Waals surface area contributed by atoms with Gasteiger partial charge in [-0.3, -0.25) is 19.2 Å². The first-order chi connectivity index (χ1) is 13.3. The van der Waals surface area contributed by atoms with E-state index in [0.717, 1.165) is 0 Å². The van der Waals surface area contributed by atoms with Crippen LogP contribution < -0.4 is 27.4 Å². The van der Waals surface area contributed by atoms with E-state index >= 15 is 0 Å². The van der Waals surface area contributed by atoms with Gasteiger partial charge in [0.25, 0.3) is 0 Å². The first-order valence-corrected chi connectivity index (χ1v) is 9.17. The van der Waals surface area contributed by atoms with Gasteiger partial charge in [-0.25, -0.2) is 4.79 Å². The summed E-state index contributed by atoms with van der Waals surface area (Å²) >= 11 is 0. The molecule has 0 heterocycles. The van der Waals surface area contributed by atoms with Crippen molar-refractivity contribution < 1.29 is 34.2 Å². The molecular weight excluding hydrogens is 386 g/mol. The lowest BCUT2D eigenvalue weighted by atomic mass is 10.0. The maximum Gasteiger partial charge on any atom is 0.328 e. The Morgan fingerprint density at radius 3 is 2.03 bits per heavy atom. The highest BCUT2D eigenvalue weighted by atomic mass is 16.4. The van der Waals surface area contributed by atoms with Crippen molar-refractivity contribution >= 4 is 29.6 Å². The summed E-state index contributed by atoms with van der Waals surface area (Å²) in [5.41, 5.74) is 10.8. The van der Waals surface area contributed by atoms with E-state index in [0.29, 0.717) is 6.42 Å². The molecule has 9 N–H and O–H groups in total. The SMILES string of the molecule is CC(C)CC(N)C(=O)NCC(=O)NC(CCC(N)=O)C(=O)NC(C(=O)O)C(C)O. The lowest BCUT2D eigenvalue weighted by Crippen LogP contribution is -2.56. The van der Waals surface area contributed by atoms with Crippen molar-refractivity contribution in [2.45, 2.75) is 64.3 Å². The van der Waals surface area contributed by atoms with Gasteiger partial charge in [-0.2, -0.15) is 0 Å². The van der Waals surface area contributed by atoms with Gasteiger partial charge < -0.3 is 37.6 Å². The molecule has 4 atom stereocenters. The Hall–Kier alpha value is -2.73. The van der Waals surface area contributed by atoms with Gasteiger partial charge in [-0.05, 0) is 25.7 Å². The minimum atomic E-state index is -1.61. The van der Waals surface area contributed by atoms with E-state index in [1.165, 1.54) is 6.92 Å². The highest BCUT2D eigenvalue weighted by molar-refractivity contribution is 5.92. The van der Waals surface area contributed by atoms with Crippen LogP contribution in [0.2, 0.25) is 0 Å². The van der Waals surface area contributed by atoms with Crippen LogP contribution in [0.1, 0.15) is 40.0 Å². The van der Waals surface area contributed by atoms with Crippen LogP contribution in [0.3, 0.4) is 0 Å². The number of aliphatic hydroxyl groups is 1.